The fraction of sp³-hybridized carbons (Fsp3) is 0.394. The molecule has 3 aliphatic rings. The van der Waals surface area contributed by atoms with E-state index < -0.39 is 0 Å². The van der Waals surface area contributed by atoms with Crippen molar-refractivity contribution in [1.29, 1.82) is 0 Å². The number of rotatable bonds is 6. The molecular formula is C33H36O5. The Kier molecular flexibility index (Phi) is 7.66. The molecule has 198 valence electrons. The maximum atomic E-state index is 11.1. The number of benzene rings is 3. The molecule has 3 aromatic rings. The second kappa shape index (κ2) is 11.6. The molecule has 0 saturated carbocycles. The van der Waals surface area contributed by atoms with Crippen LogP contribution >= 0.6 is 0 Å². The first-order valence-corrected chi connectivity index (χ1v) is 14.0. The van der Waals surface area contributed by atoms with Crippen molar-refractivity contribution in [1.82, 2.24) is 0 Å². The second-order valence-electron chi connectivity index (χ2n) is 10.3. The topological polar surface area (TPSA) is 57.2 Å². The summed E-state index contributed by atoms with van der Waals surface area (Å²) >= 11 is 0. The maximum absolute atomic E-state index is 11.1. The molecule has 0 bridgehead atoms. The van der Waals surface area contributed by atoms with Crippen molar-refractivity contribution in [2.75, 3.05) is 19.8 Å². The molecule has 0 spiro atoms. The summed E-state index contributed by atoms with van der Waals surface area (Å²) in [6.07, 6.45) is 7.58. The number of hydrogen-bond donors (Lipinski definition) is 1. The molecule has 6 rings (SSSR count). The number of hydrogen-bond acceptors (Lipinski definition) is 5. The number of phenolic OH excluding ortho intramolecular Hbond substituents is 1. The van der Waals surface area contributed by atoms with Crippen LogP contribution in [0.1, 0.15) is 67.2 Å². The molecule has 38 heavy (non-hydrogen) atoms. The summed E-state index contributed by atoms with van der Waals surface area (Å²) in [5.74, 6) is 2.06. The van der Waals surface area contributed by atoms with E-state index in [0.717, 1.165) is 105 Å². The van der Waals surface area contributed by atoms with Gasteiger partial charge in [0.2, 0.25) is 0 Å². The van der Waals surface area contributed by atoms with Gasteiger partial charge in [-0.3, -0.25) is 0 Å². The van der Waals surface area contributed by atoms with Crippen molar-refractivity contribution in [2.45, 2.75) is 63.8 Å². The summed E-state index contributed by atoms with van der Waals surface area (Å²) in [7, 11) is 0. The smallest absolute Gasteiger partial charge is 0.199 e. The predicted octanol–water partition coefficient (Wildman–Crippen LogP) is 7.15. The van der Waals surface area contributed by atoms with Crippen LogP contribution in [0.2, 0.25) is 0 Å². The molecule has 0 aromatic heterocycles. The van der Waals surface area contributed by atoms with Gasteiger partial charge in [0.15, 0.2) is 6.29 Å². The molecule has 2 saturated heterocycles. The first-order chi connectivity index (χ1) is 18.8. The molecule has 1 N–H and O–H groups in total. The highest BCUT2D eigenvalue weighted by molar-refractivity contribution is 6.02. The van der Waals surface area contributed by atoms with Gasteiger partial charge < -0.3 is 24.1 Å². The van der Waals surface area contributed by atoms with Crippen molar-refractivity contribution in [2.24, 2.45) is 0 Å². The van der Waals surface area contributed by atoms with E-state index in [1.54, 1.807) is 6.07 Å². The van der Waals surface area contributed by atoms with Gasteiger partial charge in [-0.2, -0.15) is 0 Å². The van der Waals surface area contributed by atoms with E-state index in [2.05, 4.69) is 36.4 Å². The van der Waals surface area contributed by atoms with Gasteiger partial charge in [-0.25, -0.2) is 0 Å². The quantitative estimate of drug-likeness (QED) is 0.380. The fourth-order valence-electron chi connectivity index (χ4n) is 5.90. The fourth-order valence-corrected chi connectivity index (χ4v) is 5.90. The van der Waals surface area contributed by atoms with E-state index >= 15 is 0 Å². The van der Waals surface area contributed by atoms with Crippen LogP contribution in [0.5, 0.6) is 17.2 Å². The first kappa shape index (κ1) is 25.0. The van der Waals surface area contributed by atoms with Crippen molar-refractivity contribution in [3.63, 3.8) is 0 Å². The average molecular weight is 513 g/mol. The molecule has 2 heterocycles. The summed E-state index contributed by atoms with van der Waals surface area (Å²) in [6.45, 7) is 2.22. The Hall–Kier alpha value is -3.28. The minimum atomic E-state index is -0.205. The predicted molar refractivity (Wildman–Crippen MR) is 149 cm³/mol. The Morgan fingerprint density at radius 2 is 1.42 bits per heavy atom. The van der Waals surface area contributed by atoms with Crippen LogP contribution in [0.4, 0.5) is 0 Å². The van der Waals surface area contributed by atoms with Crippen LogP contribution in [0.15, 0.2) is 66.7 Å². The normalized spacial score (nSPS) is 20.5. The van der Waals surface area contributed by atoms with Gasteiger partial charge in [-0.1, -0.05) is 48.5 Å². The van der Waals surface area contributed by atoms with Gasteiger partial charge in [0.25, 0.3) is 0 Å². The summed E-state index contributed by atoms with van der Waals surface area (Å²) in [6, 6.07) is 22.3. The molecule has 1 unspecified atom stereocenters. The monoisotopic (exact) mass is 512 g/mol. The summed E-state index contributed by atoms with van der Waals surface area (Å²) < 4.78 is 24.5. The Morgan fingerprint density at radius 3 is 2.24 bits per heavy atom. The molecule has 0 amide bonds. The zero-order chi connectivity index (χ0) is 25.7. The summed E-state index contributed by atoms with van der Waals surface area (Å²) in [5, 5.41) is 11.1. The Morgan fingerprint density at radius 1 is 0.658 bits per heavy atom. The third-order valence-electron chi connectivity index (χ3n) is 7.80. The summed E-state index contributed by atoms with van der Waals surface area (Å²) in [5.41, 5.74) is 6.45. The highest BCUT2D eigenvalue weighted by atomic mass is 16.7. The highest BCUT2D eigenvalue weighted by Gasteiger charge is 2.27. The zero-order valence-electron chi connectivity index (χ0n) is 21.9. The number of aromatic hydroxyl groups is 1. The number of phenols is 1. The lowest BCUT2D eigenvalue weighted by Crippen LogP contribution is -2.26. The van der Waals surface area contributed by atoms with E-state index in [-0.39, 0.29) is 18.1 Å². The van der Waals surface area contributed by atoms with Gasteiger partial charge in [0, 0.05) is 36.0 Å². The minimum Gasteiger partial charge on any atom is -0.507 e. The number of fused-ring (bicyclic) bond motifs is 1. The van der Waals surface area contributed by atoms with Crippen molar-refractivity contribution >= 4 is 11.1 Å². The molecule has 2 aliphatic heterocycles. The number of allylic oxidation sites excluding steroid dienone is 1. The van der Waals surface area contributed by atoms with Crippen LogP contribution in [-0.4, -0.2) is 37.3 Å². The SMILES string of the molecule is Oc1ccccc1C1=C(c2ccccc2OC2CCOCC2)CCCc2c(OC3CCCCO3)cccc21. The first-order valence-electron chi connectivity index (χ1n) is 14.0. The van der Waals surface area contributed by atoms with Crippen LogP contribution in [0.3, 0.4) is 0 Å². The van der Waals surface area contributed by atoms with Crippen LogP contribution in [0.25, 0.3) is 11.1 Å². The highest BCUT2D eigenvalue weighted by Crippen LogP contribution is 2.46. The zero-order valence-corrected chi connectivity index (χ0v) is 21.9. The Balaban J connectivity index is 1.49. The van der Waals surface area contributed by atoms with Gasteiger partial charge in [0.05, 0.1) is 19.8 Å². The van der Waals surface area contributed by atoms with E-state index in [9.17, 15) is 5.11 Å². The van der Waals surface area contributed by atoms with E-state index in [1.165, 1.54) is 11.1 Å². The Bertz CT molecular complexity index is 1280. The molecule has 5 heteroatoms. The van der Waals surface area contributed by atoms with Gasteiger partial charge in [0.1, 0.15) is 23.4 Å². The van der Waals surface area contributed by atoms with Crippen molar-refractivity contribution < 1.29 is 24.1 Å². The van der Waals surface area contributed by atoms with Crippen LogP contribution in [0, 0.1) is 0 Å². The standard InChI is InChI=1S/C33H36O5/c34-29-14-3-1-10-28(29)33-26(24-9-2-4-15-30(24)37-23-18-21-35-22-19-23)12-7-11-25-27(33)13-8-16-31(25)38-32-17-5-6-20-36-32/h1-4,8-10,13-16,23,32,34H,5-7,11-12,17-22H2. The minimum absolute atomic E-state index is 0.146. The molecular weight excluding hydrogens is 476 g/mol. The van der Waals surface area contributed by atoms with Crippen LogP contribution < -0.4 is 9.47 Å². The largest absolute Gasteiger partial charge is 0.507 e. The lowest BCUT2D eigenvalue weighted by atomic mass is 9.87. The van der Waals surface area contributed by atoms with Crippen molar-refractivity contribution in [3.8, 4) is 17.2 Å². The second-order valence-corrected chi connectivity index (χ2v) is 10.3. The molecule has 5 nitrogen and oxygen atoms in total. The van der Waals surface area contributed by atoms with Gasteiger partial charge in [-0.15, -0.1) is 0 Å². The molecule has 0 radical (unpaired) electrons. The van der Waals surface area contributed by atoms with Gasteiger partial charge in [-0.05, 0) is 67.0 Å². The third kappa shape index (κ3) is 5.31. The number of ether oxygens (including phenoxy) is 4. The van der Waals surface area contributed by atoms with E-state index in [4.69, 9.17) is 18.9 Å². The lowest BCUT2D eigenvalue weighted by molar-refractivity contribution is -0.106. The average Bonchev–Trinajstić information content (AvgIpc) is 3.15. The third-order valence-corrected chi connectivity index (χ3v) is 7.80. The van der Waals surface area contributed by atoms with Crippen LogP contribution in [-0.2, 0) is 15.9 Å². The van der Waals surface area contributed by atoms with Crippen molar-refractivity contribution in [3.05, 3.63) is 89.0 Å². The molecule has 1 aliphatic carbocycles. The molecule has 2 fully saturated rings. The summed E-state index contributed by atoms with van der Waals surface area (Å²) in [4.78, 5) is 0. The van der Waals surface area contributed by atoms with E-state index in [0.29, 0.717) is 0 Å². The maximum Gasteiger partial charge on any atom is 0.199 e. The Labute approximate surface area is 225 Å². The van der Waals surface area contributed by atoms with Gasteiger partial charge >= 0.3 is 0 Å². The van der Waals surface area contributed by atoms with E-state index in [1.807, 2.05) is 24.3 Å². The molecule has 3 aromatic carbocycles. The lowest BCUT2D eigenvalue weighted by Gasteiger charge is -2.26. The molecule has 1 atom stereocenters. The number of para-hydroxylation sites is 2.